The molecule has 0 aliphatic carbocycles. The van der Waals surface area contributed by atoms with E-state index in [1.165, 1.54) is 24.3 Å². The van der Waals surface area contributed by atoms with E-state index < -0.39 is 10.8 Å². The standard InChI is InChI=1S/C19H21N3O4/c1-12-10-14(8-9-16(12)18(24)21-19(2,3)4)20-17(23)13-6-5-7-15(11-13)22(25)26/h5-11H,1-4H3,(H,20,23)(H,21,24). The second kappa shape index (κ2) is 7.35. The largest absolute Gasteiger partial charge is 0.347 e. The highest BCUT2D eigenvalue weighted by Crippen LogP contribution is 2.18. The van der Waals surface area contributed by atoms with Gasteiger partial charge in [0.25, 0.3) is 17.5 Å². The Kier molecular flexibility index (Phi) is 5.40. The van der Waals surface area contributed by atoms with E-state index in [1.807, 2.05) is 20.8 Å². The van der Waals surface area contributed by atoms with Gasteiger partial charge in [0.05, 0.1) is 4.92 Å². The lowest BCUT2D eigenvalue weighted by Gasteiger charge is -2.21. The average molecular weight is 355 g/mol. The molecular weight excluding hydrogens is 334 g/mol. The van der Waals surface area contributed by atoms with Crippen molar-refractivity contribution in [2.45, 2.75) is 33.2 Å². The van der Waals surface area contributed by atoms with Crippen molar-refractivity contribution in [3.8, 4) is 0 Å². The Hall–Kier alpha value is -3.22. The summed E-state index contributed by atoms with van der Waals surface area (Å²) in [6.45, 7) is 7.47. The molecule has 0 fully saturated rings. The predicted octanol–water partition coefficient (Wildman–Crippen LogP) is 3.68. The maximum absolute atomic E-state index is 12.3. The Morgan fingerprint density at radius 1 is 1.04 bits per heavy atom. The molecule has 2 rings (SSSR count). The monoisotopic (exact) mass is 355 g/mol. The van der Waals surface area contributed by atoms with Crippen molar-refractivity contribution in [1.82, 2.24) is 5.32 Å². The lowest BCUT2D eigenvalue weighted by molar-refractivity contribution is -0.384. The number of carbonyl (C=O) groups excluding carboxylic acids is 2. The first-order valence-corrected chi connectivity index (χ1v) is 8.06. The summed E-state index contributed by atoms with van der Waals surface area (Å²) in [7, 11) is 0. The summed E-state index contributed by atoms with van der Waals surface area (Å²) in [5, 5.41) is 16.4. The third-order valence-corrected chi connectivity index (χ3v) is 3.54. The number of hydrogen-bond donors (Lipinski definition) is 2. The van der Waals surface area contributed by atoms with Gasteiger partial charge in [-0.1, -0.05) is 6.07 Å². The van der Waals surface area contributed by atoms with Gasteiger partial charge in [0.15, 0.2) is 0 Å². The topological polar surface area (TPSA) is 101 Å². The van der Waals surface area contributed by atoms with Crippen molar-refractivity contribution in [3.63, 3.8) is 0 Å². The summed E-state index contributed by atoms with van der Waals surface area (Å²) in [5.74, 6) is -0.647. The van der Waals surface area contributed by atoms with Gasteiger partial charge in [0, 0.05) is 34.5 Å². The SMILES string of the molecule is Cc1cc(NC(=O)c2cccc([N+](=O)[O-])c2)ccc1C(=O)NC(C)(C)C. The molecule has 0 radical (unpaired) electrons. The van der Waals surface area contributed by atoms with Gasteiger partial charge in [0.2, 0.25) is 0 Å². The smallest absolute Gasteiger partial charge is 0.270 e. The molecule has 26 heavy (non-hydrogen) atoms. The molecule has 0 saturated heterocycles. The minimum atomic E-state index is -0.552. The van der Waals surface area contributed by atoms with Gasteiger partial charge in [-0.05, 0) is 57.5 Å². The molecule has 2 aromatic carbocycles. The zero-order chi connectivity index (χ0) is 19.5. The molecule has 7 heteroatoms. The van der Waals surface area contributed by atoms with Gasteiger partial charge in [-0.15, -0.1) is 0 Å². The summed E-state index contributed by atoms with van der Waals surface area (Å²) < 4.78 is 0. The van der Waals surface area contributed by atoms with Crippen LogP contribution in [-0.2, 0) is 0 Å². The van der Waals surface area contributed by atoms with E-state index in [4.69, 9.17) is 0 Å². The second-order valence-electron chi connectivity index (χ2n) is 7.00. The third-order valence-electron chi connectivity index (χ3n) is 3.54. The van der Waals surface area contributed by atoms with Crippen molar-refractivity contribution in [2.75, 3.05) is 5.32 Å². The fraction of sp³-hybridized carbons (Fsp3) is 0.263. The highest BCUT2D eigenvalue weighted by atomic mass is 16.6. The van der Waals surface area contributed by atoms with Gasteiger partial charge in [-0.2, -0.15) is 0 Å². The first kappa shape index (κ1) is 19.1. The van der Waals surface area contributed by atoms with E-state index in [2.05, 4.69) is 10.6 Å². The van der Waals surface area contributed by atoms with Crippen molar-refractivity contribution in [2.24, 2.45) is 0 Å². The summed E-state index contributed by atoms with van der Waals surface area (Å²) in [4.78, 5) is 34.8. The highest BCUT2D eigenvalue weighted by molar-refractivity contribution is 6.05. The molecule has 2 amide bonds. The van der Waals surface area contributed by atoms with Crippen LogP contribution in [0.5, 0.6) is 0 Å². The van der Waals surface area contributed by atoms with Crippen LogP contribution in [0.25, 0.3) is 0 Å². The number of carbonyl (C=O) groups is 2. The van der Waals surface area contributed by atoms with Crippen LogP contribution >= 0.6 is 0 Å². The number of nitro benzene ring substituents is 1. The number of non-ortho nitro benzene ring substituents is 1. The maximum atomic E-state index is 12.3. The molecule has 0 saturated carbocycles. The molecule has 0 aromatic heterocycles. The summed E-state index contributed by atoms with van der Waals surface area (Å²) >= 11 is 0. The number of aryl methyl sites for hydroxylation is 1. The van der Waals surface area contributed by atoms with E-state index >= 15 is 0 Å². The molecule has 0 unspecified atom stereocenters. The van der Waals surface area contributed by atoms with Crippen LogP contribution in [0, 0.1) is 17.0 Å². The van der Waals surface area contributed by atoms with E-state index in [-0.39, 0.29) is 22.7 Å². The lowest BCUT2D eigenvalue weighted by Crippen LogP contribution is -2.40. The van der Waals surface area contributed by atoms with Gasteiger partial charge in [0.1, 0.15) is 0 Å². The molecule has 2 aromatic rings. The van der Waals surface area contributed by atoms with Crippen molar-refractivity contribution in [1.29, 1.82) is 0 Å². The van der Waals surface area contributed by atoms with Gasteiger partial charge in [-0.25, -0.2) is 0 Å². The first-order chi connectivity index (χ1) is 12.1. The Morgan fingerprint density at radius 2 is 1.73 bits per heavy atom. The normalized spacial score (nSPS) is 10.9. The number of nitrogens with zero attached hydrogens (tertiary/aromatic N) is 1. The number of rotatable bonds is 4. The quantitative estimate of drug-likeness (QED) is 0.645. The van der Waals surface area contributed by atoms with Crippen LogP contribution in [0.3, 0.4) is 0 Å². The molecule has 0 heterocycles. The minimum Gasteiger partial charge on any atom is -0.347 e. The number of nitrogens with one attached hydrogen (secondary N) is 2. The predicted molar refractivity (Wildman–Crippen MR) is 99.4 cm³/mol. The number of benzene rings is 2. The number of nitro groups is 1. The van der Waals surface area contributed by atoms with Gasteiger partial charge >= 0.3 is 0 Å². The molecule has 0 spiro atoms. The summed E-state index contributed by atoms with van der Waals surface area (Å²) in [5.41, 5.74) is 1.43. The molecular formula is C19H21N3O4. The second-order valence-corrected chi connectivity index (χ2v) is 7.00. The fourth-order valence-electron chi connectivity index (χ4n) is 2.37. The van der Waals surface area contributed by atoms with Crippen LogP contribution in [0.2, 0.25) is 0 Å². The van der Waals surface area contributed by atoms with Crippen LogP contribution in [0.15, 0.2) is 42.5 Å². The lowest BCUT2D eigenvalue weighted by atomic mass is 10.0. The van der Waals surface area contributed by atoms with Gasteiger partial charge in [-0.3, -0.25) is 19.7 Å². The number of hydrogen-bond acceptors (Lipinski definition) is 4. The summed E-state index contributed by atoms with van der Waals surface area (Å²) in [6, 6.07) is 10.4. The molecule has 0 aliphatic heterocycles. The van der Waals surface area contributed by atoms with Crippen LogP contribution in [0.1, 0.15) is 47.1 Å². The zero-order valence-corrected chi connectivity index (χ0v) is 15.1. The maximum Gasteiger partial charge on any atom is 0.270 e. The van der Waals surface area contributed by atoms with Crippen molar-refractivity contribution in [3.05, 3.63) is 69.3 Å². The number of amides is 2. The Labute approximate surface area is 151 Å². The molecule has 136 valence electrons. The molecule has 0 atom stereocenters. The molecule has 0 bridgehead atoms. The number of anilines is 1. The Morgan fingerprint density at radius 3 is 2.31 bits per heavy atom. The summed E-state index contributed by atoms with van der Waals surface area (Å²) in [6.07, 6.45) is 0. The third kappa shape index (κ3) is 4.89. The van der Waals surface area contributed by atoms with E-state index in [0.29, 0.717) is 16.8 Å². The van der Waals surface area contributed by atoms with Crippen molar-refractivity contribution < 1.29 is 14.5 Å². The first-order valence-electron chi connectivity index (χ1n) is 8.06. The van der Waals surface area contributed by atoms with Gasteiger partial charge < -0.3 is 10.6 Å². The Bertz CT molecular complexity index is 869. The van der Waals surface area contributed by atoms with Crippen molar-refractivity contribution >= 4 is 23.2 Å². The van der Waals surface area contributed by atoms with E-state index in [1.54, 1.807) is 25.1 Å². The molecule has 2 N–H and O–H groups in total. The van der Waals surface area contributed by atoms with Crippen LogP contribution in [-0.4, -0.2) is 22.3 Å². The minimum absolute atomic E-state index is 0.150. The van der Waals surface area contributed by atoms with Crippen LogP contribution < -0.4 is 10.6 Å². The molecule has 0 aliphatic rings. The molecule has 7 nitrogen and oxygen atoms in total. The zero-order valence-electron chi connectivity index (χ0n) is 15.1. The van der Waals surface area contributed by atoms with E-state index in [0.717, 1.165) is 0 Å². The van der Waals surface area contributed by atoms with Crippen LogP contribution in [0.4, 0.5) is 11.4 Å². The fourth-order valence-corrected chi connectivity index (χ4v) is 2.37. The average Bonchev–Trinajstić information content (AvgIpc) is 2.53. The highest BCUT2D eigenvalue weighted by Gasteiger charge is 2.17. The van der Waals surface area contributed by atoms with E-state index in [9.17, 15) is 19.7 Å². The Balaban J connectivity index is 2.17.